The summed E-state index contributed by atoms with van der Waals surface area (Å²) >= 11 is 1.50. The van der Waals surface area contributed by atoms with E-state index in [4.69, 9.17) is 4.74 Å². The first-order valence-corrected chi connectivity index (χ1v) is 17.9. The van der Waals surface area contributed by atoms with Crippen LogP contribution in [0.2, 0.25) is 0 Å². The smallest absolute Gasteiger partial charge is 0.264 e. The molecule has 0 radical (unpaired) electrons. The number of rotatable bonds is 15. The third kappa shape index (κ3) is 8.92. The molecule has 242 valence electrons. The van der Waals surface area contributed by atoms with E-state index in [0.29, 0.717) is 12.4 Å². The van der Waals surface area contributed by atoms with Crippen LogP contribution in [0.1, 0.15) is 31.9 Å². The van der Waals surface area contributed by atoms with Crippen molar-refractivity contribution < 1.29 is 22.7 Å². The van der Waals surface area contributed by atoms with Crippen LogP contribution in [-0.4, -0.2) is 56.6 Å². The lowest BCUT2D eigenvalue weighted by molar-refractivity contribution is -0.140. The average Bonchev–Trinajstić information content (AvgIpc) is 3.06. The fourth-order valence-corrected chi connectivity index (χ4v) is 6.88. The van der Waals surface area contributed by atoms with Gasteiger partial charge >= 0.3 is 0 Å². The van der Waals surface area contributed by atoms with Gasteiger partial charge in [-0.3, -0.25) is 13.9 Å². The van der Waals surface area contributed by atoms with Gasteiger partial charge in [0, 0.05) is 23.9 Å². The van der Waals surface area contributed by atoms with E-state index in [9.17, 15) is 18.0 Å². The van der Waals surface area contributed by atoms with E-state index in [1.807, 2.05) is 87.7 Å². The van der Waals surface area contributed by atoms with Gasteiger partial charge in [-0.25, -0.2) is 8.42 Å². The third-order valence-electron chi connectivity index (χ3n) is 7.26. The van der Waals surface area contributed by atoms with Crippen LogP contribution in [0.4, 0.5) is 5.69 Å². The summed E-state index contributed by atoms with van der Waals surface area (Å²) in [4.78, 5) is 30.8. The van der Waals surface area contributed by atoms with Crippen molar-refractivity contribution in [3.63, 3.8) is 0 Å². The van der Waals surface area contributed by atoms with Crippen LogP contribution >= 0.6 is 11.8 Å². The maximum absolute atomic E-state index is 14.6. The highest BCUT2D eigenvalue weighted by Gasteiger charge is 2.35. The van der Waals surface area contributed by atoms with Crippen molar-refractivity contribution in [1.29, 1.82) is 0 Å². The van der Waals surface area contributed by atoms with Gasteiger partial charge in [-0.15, -0.1) is 11.8 Å². The molecule has 1 unspecified atom stereocenters. The summed E-state index contributed by atoms with van der Waals surface area (Å²) in [5.74, 6) is -0.519. The van der Waals surface area contributed by atoms with Crippen molar-refractivity contribution in [1.82, 2.24) is 10.2 Å². The number of carbonyl (C=O) groups excluding carboxylic acids is 2. The van der Waals surface area contributed by atoms with Gasteiger partial charge in [0.15, 0.2) is 0 Å². The first-order chi connectivity index (χ1) is 22.1. The second kappa shape index (κ2) is 16.3. The second-order valence-corrected chi connectivity index (χ2v) is 13.7. The molecule has 1 N–H and O–H groups in total. The molecule has 0 aliphatic rings. The Morgan fingerprint density at radius 1 is 0.826 bits per heavy atom. The number of hydrogen-bond acceptors (Lipinski definition) is 6. The third-order valence-corrected chi connectivity index (χ3v) is 9.78. The van der Waals surface area contributed by atoms with Crippen molar-refractivity contribution in [3.8, 4) is 5.75 Å². The Balaban J connectivity index is 1.83. The van der Waals surface area contributed by atoms with Crippen molar-refractivity contribution in [2.45, 2.75) is 55.6 Å². The van der Waals surface area contributed by atoms with Crippen LogP contribution in [0.15, 0.2) is 119 Å². The minimum Gasteiger partial charge on any atom is -0.492 e. The van der Waals surface area contributed by atoms with Crippen LogP contribution in [0, 0.1) is 0 Å². The number of carbonyl (C=O) groups is 2. The maximum atomic E-state index is 14.6. The zero-order chi connectivity index (χ0) is 33.1. The largest absolute Gasteiger partial charge is 0.492 e. The van der Waals surface area contributed by atoms with Crippen LogP contribution in [0.25, 0.3) is 0 Å². The quantitative estimate of drug-likeness (QED) is 0.154. The molecule has 0 aromatic heterocycles. The molecule has 1 atom stereocenters. The van der Waals surface area contributed by atoms with Crippen LogP contribution in [0.5, 0.6) is 5.75 Å². The van der Waals surface area contributed by atoms with Gasteiger partial charge in [-0.05, 0) is 74.6 Å². The molecule has 4 aromatic rings. The molecular formula is C36H41N3O5S2. The fraction of sp³-hybridized carbons (Fsp3) is 0.278. The number of amides is 2. The first-order valence-electron chi connectivity index (χ1n) is 15.2. The highest BCUT2D eigenvalue weighted by atomic mass is 32.2. The highest BCUT2D eigenvalue weighted by molar-refractivity contribution is 7.98. The zero-order valence-corrected chi connectivity index (χ0v) is 28.3. The summed E-state index contributed by atoms with van der Waals surface area (Å²) < 4.78 is 35.6. The normalized spacial score (nSPS) is 11.9. The number of benzene rings is 4. The molecular weight excluding hydrogens is 619 g/mol. The molecule has 4 rings (SSSR count). The van der Waals surface area contributed by atoms with Gasteiger partial charge in [0.05, 0.1) is 17.2 Å². The number of nitrogens with one attached hydrogen (secondary N) is 1. The zero-order valence-electron chi connectivity index (χ0n) is 26.6. The van der Waals surface area contributed by atoms with E-state index < -0.39 is 28.5 Å². The molecule has 46 heavy (non-hydrogen) atoms. The Morgan fingerprint density at radius 3 is 2.00 bits per heavy atom. The minimum absolute atomic E-state index is 0.0393. The molecule has 0 aliphatic carbocycles. The molecule has 0 aliphatic heterocycles. The molecule has 0 fully saturated rings. The van der Waals surface area contributed by atoms with E-state index >= 15 is 0 Å². The van der Waals surface area contributed by atoms with E-state index in [0.717, 1.165) is 20.3 Å². The van der Waals surface area contributed by atoms with E-state index in [-0.39, 0.29) is 35.5 Å². The Morgan fingerprint density at radius 2 is 1.41 bits per heavy atom. The summed E-state index contributed by atoms with van der Waals surface area (Å²) in [5.41, 5.74) is 1.91. The van der Waals surface area contributed by atoms with Crippen molar-refractivity contribution in [3.05, 3.63) is 120 Å². The topological polar surface area (TPSA) is 96.0 Å². The lowest BCUT2D eigenvalue weighted by Gasteiger charge is -2.34. The van der Waals surface area contributed by atoms with Crippen molar-refractivity contribution >= 4 is 39.3 Å². The van der Waals surface area contributed by atoms with Crippen molar-refractivity contribution in [2.24, 2.45) is 0 Å². The minimum atomic E-state index is -4.25. The summed E-state index contributed by atoms with van der Waals surface area (Å²) in [5, 5.41) is 2.98. The molecule has 0 bridgehead atoms. The standard InChI is InChI=1S/C36H41N3O5S2/c1-5-44-34-19-13-12-18-32(34)39(46(42,43)31-22-20-30(45-4)21-23-31)26-35(40)38(25-29-16-10-7-11-17-29)33(36(41)37-27(2)3)24-28-14-8-6-9-15-28/h6-23,27,33H,5,24-26H2,1-4H3,(H,37,41). The number of anilines is 1. The van der Waals surface area contributed by atoms with E-state index in [2.05, 4.69) is 5.32 Å². The number of thioether (sulfide) groups is 1. The molecule has 10 heteroatoms. The van der Waals surface area contributed by atoms with Gasteiger partial charge < -0.3 is 15.0 Å². The summed E-state index contributed by atoms with van der Waals surface area (Å²) in [6, 6.07) is 31.1. The predicted octanol–water partition coefficient (Wildman–Crippen LogP) is 6.17. The first kappa shape index (κ1) is 34.6. The number of sulfonamides is 1. The average molecular weight is 660 g/mol. The number of ether oxygens (including phenoxy) is 1. The van der Waals surface area contributed by atoms with Crippen molar-refractivity contribution in [2.75, 3.05) is 23.7 Å². The van der Waals surface area contributed by atoms with Gasteiger partial charge in [-0.2, -0.15) is 0 Å². The van der Waals surface area contributed by atoms with Crippen LogP contribution < -0.4 is 14.4 Å². The Labute approximate surface area is 276 Å². The van der Waals surface area contributed by atoms with Crippen LogP contribution in [0.3, 0.4) is 0 Å². The predicted molar refractivity (Wildman–Crippen MR) is 185 cm³/mol. The number of nitrogens with zero attached hydrogens (tertiary/aromatic N) is 2. The molecule has 8 nitrogen and oxygen atoms in total. The van der Waals surface area contributed by atoms with E-state index in [1.54, 1.807) is 36.4 Å². The van der Waals surface area contributed by atoms with Gasteiger partial charge in [0.1, 0.15) is 18.3 Å². The molecule has 0 heterocycles. The highest BCUT2D eigenvalue weighted by Crippen LogP contribution is 2.33. The summed E-state index contributed by atoms with van der Waals surface area (Å²) in [7, 11) is -4.25. The monoisotopic (exact) mass is 659 g/mol. The lowest BCUT2D eigenvalue weighted by Crippen LogP contribution is -2.54. The number of hydrogen-bond donors (Lipinski definition) is 1. The molecule has 2 amide bonds. The second-order valence-electron chi connectivity index (χ2n) is 11.0. The fourth-order valence-electron chi connectivity index (χ4n) is 5.04. The Bertz CT molecular complexity index is 1680. The lowest BCUT2D eigenvalue weighted by atomic mass is 10.0. The molecule has 4 aromatic carbocycles. The van der Waals surface area contributed by atoms with Gasteiger partial charge in [0.25, 0.3) is 10.0 Å². The SMILES string of the molecule is CCOc1ccccc1N(CC(=O)N(Cc1ccccc1)C(Cc1ccccc1)C(=O)NC(C)C)S(=O)(=O)c1ccc(SC)cc1. The van der Waals surface area contributed by atoms with Gasteiger partial charge in [0.2, 0.25) is 11.8 Å². The molecule has 0 saturated heterocycles. The molecule has 0 saturated carbocycles. The number of para-hydroxylation sites is 2. The van der Waals surface area contributed by atoms with E-state index in [1.165, 1.54) is 28.8 Å². The van der Waals surface area contributed by atoms with Gasteiger partial charge in [-0.1, -0.05) is 72.8 Å². The Kier molecular flexibility index (Phi) is 12.3. The molecule has 0 spiro atoms. The van der Waals surface area contributed by atoms with Crippen LogP contribution in [-0.2, 0) is 32.6 Å². The maximum Gasteiger partial charge on any atom is 0.264 e. The summed E-state index contributed by atoms with van der Waals surface area (Å²) in [6.07, 6.45) is 2.16. The Hall–Kier alpha value is -4.28. The summed E-state index contributed by atoms with van der Waals surface area (Å²) in [6.45, 7) is 5.39.